The number of carbonyl (C=O) groups excluding carboxylic acids is 2. The van der Waals surface area contributed by atoms with Crippen molar-refractivity contribution in [2.75, 3.05) is 19.5 Å². The number of rotatable bonds is 7. The minimum atomic E-state index is -0.942. The normalized spacial score (nSPS) is 11.4. The summed E-state index contributed by atoms with van der Waals surface area (Å²) in [6.07, 6.45) is -0.919. The summed E-state index contributed by atoms with van der Waals surface area (Å²) in [4.78, 5) is 24.5. The van der Waals surface area contributed by atoms with Crippen LogP contribution in [-0.2, 0) is 20.7 Å². The van der Waals surface area contributed by atoms with Crippen LogP contribution in [0.1, 0.15) is 18.1 Å². The molecule has 0 bridgehead atoms. The third-order valence-corrected chi connectivity index (χ3v) is 3.82. The Morgan fingerprint density at radius 3 is 2.42 bits per heavy atom. The molecule has 26 heavy (non-hydrogen) atoms. The average molecular weight is 357 g/mol. The van der Waals surface area contributed by atoms with E-state index in [-0.39, 0.29) is 6.42 Å². The van der Waals surface area contributed by atoms with Crippen LogP contribution in [0.3, 0.4) is 0 Å². The summed E-state index contributed by atoms with van der Waals surface area (Å²) in [5, 5.41) is 2.73. The number of nitrogens with one attached hydrogen (secondary N) is 1. The molecular formula is C20H23NO5. The maximum atomic E-state index is 12.3. The van der Waals surface area contributed by atoms with Gasteiger partial charge in [-0.25, -0.2) is 0 Å². The number of methoxy groups -OCH3 is 2. The van der Waals surface area contributed by atoms with Crippen molar-refractivity contribution < 1.29 is 23.8 Å². The highest BCUT2D eigenvalue weighted by molar-refractivity contribution is 5.96. The Morgan fingerprint density at radius 2 is 1.73 bits per heavy atom. The lowest BCUT2D eigenvalue weighted by atomic mass is 10.1. The maximum Gasteiger partial charge on any atom is 0.311 e. The standard InChI is InChI=1S/C20H23NO5/c1-13-9-10-18(25-4)16(11-13)21-20(23)14(2)26-19(22)12-15-7-5-6-8-17(15)24-3/h5-11,14H,12H2,1-4H3,(H,21,23)/t14-/m1/s1. The smallest absolute Gasteiger partial charge is 0.311 e. The minimum absolute atomic E-state index is 0.0232. The molecule has 0 spiro atoms. The second-order valence-electron chi connectivity index (χ2n) is 5.81. The number of benzene rings is 2. The zero-order chi connectivity index (χ0) is 19.1. The van der Waals surface area contributed by atoms with E-state index < -0.39 is 18.0 Å². The van der Waals surface area contributed by atoms with Gasteiger partial charge >= 0.3 is 5.97 Å². The topological polar surface area (TPSA) is 73.9 Å². The molecule has 0 heterocycles. The molecule has 6 heteroatoms. The molecule has 0 radical (unpaired) electrons. The van der Waals surface area contributed by atoms with Crippen molar-refractivity contribution in [3.63, 3.8) is 0 Å². The Labute approximate surface area is 153 Å². The van der Waals surface area contributed by atoms with Crippen molar-refractivity contribution in [1.82, 2.24) is 0 Å². The SMILES string of the molecule is COc1ccccc1CC(=O)O[C@H](C)C(=O)Nc1cc(C)ccc1OC. The minimum Gasteiger partial charge on any atom is -0.496 e. The number of amides is 1. The number of esters is 1. The van der Waals surface area contributed by atoms with E-state index in [1.165, 1.54) is 21.1 Å². The van der Waals surface area contributed by atoms with Gasteiger partial charge in [-0.2, -0.15) is 0 Å². The summed E-state index contributed by atoms with van der Waals surface area (Å²) in [6.45, 7) is 3.43. The predicted octanol–water partition coefficient (Wildman–Crippen LogP) is 3.13. The van der Waals surface area contributed by atoms with Gasteiger partial charge in [0.05, 0.1) is 26.3 Å². The highest BCUT2D eigenvalue weighted by Crippen LogP contribution is 2.25. The fourth-order valence-electron chi connectivity index (χ4n) is 2.45. The van der Waals surface area contributed by atoms with Crippen LogP contribution >= 0.6 is 0 Å². The van der Waals surface area contributed by atoms with Gasteiger partial charge in [0.15, 0.2) is 6.10 Å². The zero-order valence-corrected chi connectivity index (χ0v) is 15.4. The zero-order valence-electron chi connectivity index (χ0n) is 15.4. The molecule has 2 aromatic carbocycles. The summed E-state index contributed by atoms with van der Waals surface area (Å²) in [6, 6.07) is 12.6. The number of aryl methyl sites for hydroxylation is 1. The molecule has 2 rings (SSSR count). The Morgan fingerprint density at radius 1 is 1.04 bits per heavy atom. The molecule has 6 nitrogen and oxygen atoms in total. The van der Waals surface area contributed by atoms with Gasteiger partial charge in [0, 0.05) is 5.56 Å². The number of hydrogen-bond donors (Lipinski definition) is 1. The molecule has 138 valence electrons. The average Bonchev–Trinajstić information content (AvgIpc) is 2.62. The molecule has 0 saturated heterocycles. The molecule has 0 unspecified atom stereocenters. The molecule has 0 aliphatic rings. The van der Waals surface area contributed by atoms with Gasteiger partial charge in [-0.15, -0.1) is 0 Å². The number of carbonyl (C=O) groups is 2. The quantitative estimate of drug-likeness (QED) is 0.771. The summed E-state index contributed by atoms with van der Waals surface area (Å²) < 4.78 is 15.7. The maximum absolute atomic E-state index is 12.3. The summed E-state index contributed by atoms with van der Waals surface area (Å²) in [5.74, 6) is 0.207. The Balaban J connectivity index is 1.98. The van der Waals surface area contributed by atoms with Crippen molar-refractivity contribution in [1.29, 1.82) is 0 Å². The Bertz CT molecular complexity index is 788. The van der Waals surface area contributed by atoms with Crippen LogP contribution in [-0.4, -0.2) is 32.2 Å². The molecule has 0 aliphatic carbocycles. The van der Waals surface area contributed by atoms with Crippen LogP contribution in [0.5, 0.6) is 11.5 Å². The van der Waals surface area contributed by atoms with E-state index in [4.69, 9.17) is 14.2 Å². The predicted molar refractivity (Wildman–Crippen MR) is 98.6 cm³/mol. The molecular weight excluding hydrogens is 334 g/mol. The molecule has 1 atom stereocenters. The number of hydrogen-bond acceptors (Lipinski definition) is 5. The molecule has 0 aromatic heterocycles. The van der Waals surface area contributed by atoms with Gasteiger partial charge in [-0.1, -0.05) is 24.3 Å². The lowest BCUT2D eigenvalue weighted by molar-refractivity contribution is -0.152. The van der Waals surface area contributed by atoms with Gasteiger partial charge in [0.1, 0.15) is 11.5 Å². The first-order chi connectivity index (χ1) is 12.4. The van der Waals surface area contributed by atoms with Crippen LogP contribution in [0.15, 0.2) is 42.5 Å². The van der Waals surface area contributed by atoms with E-state index >= 15 is 0 Å². The van der Waals surface area contributed by atoms with Gasteiger partial charge in [0.25, 0.3) is 5.91 Å². The van der Waals surface area contributed by atoms with Crippen molar-refractivity contribution in [2.45, 2.75) is 26.4 Å². The van der Waals surface area contributed by atoms with Crippen LogP contribution in [0, 0.1) is 6.92 Å². The molecule has 1 N–H and O–H groups in total. The lowest BCUT2D eigenvalue weighted by Gasteiger charge is -2.16. The van der Waals surface area contributed by atoms with Crippen LogP contribution in [0.2, 0.25) is 0 Å². The van der Waals surface area contributed by atoms with Crippen molar-refractivity contribution >= 4 is 17.6 Å². The first kappa shape index (κ1) is 19.3. The Hall–Kier alpha value is -3.02. The van der Waals surface area contributed by atoms with E-state index in [0.29, 0.717) is 22.7 Å². The van der Waals surface area contributed by atoms with Crippen LogP contribution in [0.4, 0.5) is 5.69 Å². The second-order valence-corrected chi connectivity index (χ2v) is 5.81. The van der Waals surface area contributed by atoms with Crippen LogP contribution in [0.25, 0.3) is 0 Å². The van der Waals surface area contributed by atoms with Gasteiger partial charge in [-0.3, -0.25) is 9.59 Å². The Kier molecular flexibility index (Phi) is 6.60. The summed E-state index contributed by atoms with van der Waals surface area (Å²) >= 11 is 0. The summed E-state index contributed by atoms with van der Waals surface area (Å²) in [5.41, 5.74) is 2.21. The lowest BCUT2D eigenvalue weighted by Crippen LogP contribution is -2.30. The molecule has 0 fully saturated rings. The van der Waals surface area contributed by atoms with E-state index in [0.717, 1.165) is 5.56 Å². The number of ether oxygens (including phenoxy) is 3. The molecule has 1 amide bonds. The number of anilines is 1. The van der Waals surface area contributed by atoms with Crippen molar-refractivity contribution in [3.05, 3.63) is 53.6 Å². The van der Waals surface area contributed by atoms with Gasteiger partial charge in [-0.05, 0) is 37.6 Å². The third-order valence-electron chi connectivity index (χ3n) is 3.82. The van der Waals surface area contributed by atoms with Crippen molar-refractivity contribution in [2.24, 2.45) is 0 Å². The number of para-hydroxylation sites is 1. The van der Waals surface area contributed by atoms with Crippen LogP contribution < -0.4 is 14.8 Å². The first-order valence-electron chi connectivity index (χ1n) is 8.21. The largest absolute Gasteiger partial charge is 0.496 e. The van der Waals surface area contributed by atoms with E-state index in [1.54, 1.807) is 24.3 Å². The van der Waals surface area contributed by atoms with Gasteiger partial charge < -0.3 is 19.5 Å². The van der Waals surface area contributed by atoms with E-state index in [2.05, 4.69) is 5.32 Å². The highest BCUT2D eigenvalue weighted by Gasteiger charge is 2.20. The summed E-state index contributed by atoms with van der Waals surface area (Å²) in [7, 11) is 3.06. The molecule has 0 saturated carbocycles. The monoisotopic (exact) mass is 357 g/mol. The van der Waals surface area contributed by atoms with E-state index in [9.17, 15) is 9.59 Å². The van der Waals surface area contributed by atoms with Gasteiger partial charge in [0.2, 0.25) is 0 Å². The van der Waals surface area contributed by atoms with Crippen molar-refractivity contribution in [3.8, 4) is 11.5 Å². The fraction of sp³-hybridized carbons (Fsp3) is 0.300. The fourth-order valence-corrected chi connectivity index (χ4v) is 2.45. The van der Waals surface area contributed by atoms with E-state index in [1.807, 2.05) is 25.1 Å². The second kappa shape index (κ2) is 8.89. The third kappa shape index (κ3) is 4.99. The highest BCUT2D eigenvalue weighted by atomic mass is 16.5. The first-order valence-corrected chi connectivity index (χ1v) is 8.21. The molecule has 2 aromatic rings. The molecule has 0 aliphatic heterocycles.